The first kappa shape index (κ1) is 17.7. The van der Waals surface area contributed by atoms with Gasteiger partial charge in [0.1, 0.15) is 5.75 Å². The van der Waals surface area contributed by atoms with Crippen LogP contribution in [-0.2, 0) is 14.6 Å². The van der Waals surface area contributed by atoms with Crippen molar-refractivity contribution in [3.05, 3.63) is 24.3 Å². The van der Waals surface area contributed by atoms with Crippen molar-refractivity contribution in [2.24, 2.45) is 0 Å². The molecule has 0 radical (unpaired) electrons. The van der Waals surface area contributed by atoms with Gasteiger partial charge >= 0.3 is 0 Å². The summed E-state index contributed by atoms with van der Waals surface area (Å²) in [7, 11) is -3.20. The Kier molecular flexibility index (Phi) is 6.01. The number of carbonyl (C=O) groups excluding carboxylic acids is 1. The van der Waals surface area contributed by atoms with E-state index < -0.39 is 9.84 Å². The number of piperidine rings is 1. The van der Waals surface area contributed by atoms with Crippen molar-refractivity contribution in [1.29, 1.82) is 0 Å². The monoisotopic (exact) mass is 340 g/mol. The Morgan fingerprint density at radius 2 is 2.04 bits per heavy atom. The summed E-state index contributed by atoms with van der Waals surface area (Å²) in [6.45, 7) is 3.31. The number of hydrogen-bond acceptors (Lipinski definition) is 5. The van der Waals surface area contributed by atoms with Crippen LogP contribution >= 0.6 is 0 Å². The molecular formula is C16H24N2O4S. The zero-order valence-corrected chi connectivity index (χ0v) is 14.4. The number of carbonyl (C=O) groups is 1. The van der Waals surface area contributed by atoms with Gasteiger partial charge in [-0.1, -0.05) is 0 Å². The standard InChI is InChI=1S/C16H24N2O4S/c1-12-11-13(7-9-17-12)18-16(19)8-10-22-14-3-5-15(6-4-14)23(2,20)21/h3-6,12-13,17H,7-11H2,1-2H3,(H,18,19). The third kappa shape index (κ3) is 5.84. The summed E-state index contributed by atoms with van der Waals surface area (Å²) >= 11 is 0. The highest BCUT2D eigenvalue weighted by Crippen LogP contribution is 2.16. The molecule has 1 amide bonds. The molecule has 1 aliphatic rings. The van der Waals surface area contributed by atoms with E-state index in [4.69, 9.17) is 4.74 Å². The maximum Gasteiger partial charge on any atom is 0.223 e. The SMILES string of the molecule is CC1CC(NC(=O)CCOc2ccc(S(C)(=O)=O)cc2)CCN1. The fourth-order valence-corrected chi connectivity index (χ4v) is 3.24. The Balaban J connectivity index is 1.73. The van der Waals surface area contributed by atoms with Gasteiger partial charge in [0.15, 0.2) is 9.84 Å². The van der Waals surface area contributed by atoms with E-state index >= 15 is 0 Å². The van der Waals surface area contributed by atoms with E-state index in [-0.39, 0.29) is 29.9 Å². The number of sulfone groups is 1. The maximum atomic E-state index is 11.9. The number of nitrogens with one attached hydrogen (secondary N) is 2. The van der Waals surface area contributed by atoms with Crippen molar-refractivity contribution in [2.45, 2.75) is 43.2 Å². The maximum absolute atomic E-state index is 11.9. The van der Waals surface area contributed by atoms with E-state index in [0.29, 0.717) is 11.8 Å². The highest BCUT2D eigenvalue weighted by molar-refractivity contribution is 7.90. The molecule has 0 saturated carbocycles. The van der Waals surface area contributed by atoms with Gasteiger partial charge in [0.25, 0.3) is 0 Å². The van der Waals surface area contributed by atoms with E-state index in [0.717, 1.165) is 25.6 Å². The summed E-state index contributed by atoms with van der Waals surface area (Å²) in [5.74, 6) is 0.539. The molecule has 0 aliphatic carbocycles. The van der Waals surface area contributed by atoms with Crippen LogP contribution in [0.1, 0.15) is 26.2 Å². The van der Waals surface area contributed by atoms with Crippen LogP contribution < -0.4 is 15.4 Å². The molecule has 2 unspecified atom stereocenters. The van der Waals surface area contributed by atoms with E-state index in [2.05, 4.69) is 17.6 Å². The second-order valence-corrected chi connectivity index (χ2v) is 8.00. The lowest BCUT2D eigenvalue weighted by atomic mass is 10.0. The quantitative estimate of drug-likeness (QED) is 0.810. The van der Waals surface area contributed by atoms with Gasteiger partial charge in [-0.2, -0.15) is 0 Å². The normalized spacial score (nSPS) is 21.7. The molecule has 0 aromatic heterocycles. The summed E-state index contributed by atoms with van der Waals surface area (Å²) in [6, 6.07) is 6.86. The van der Waals surface area contributed by atoms with Crippen molar-refractivity contribution in [3.8, 4) is 5.75 Å². The fourth-order valence-electron chi connectivity index (χ4n) is 2.61. The van der Waals surface area contributed by atoms with E-state index in [1.165, 1.54) is 12.1 Å². The molecule has 6 nitrogen and oxygen atoms in total. The molecule has 1 fully saturated rings. The number of rotatable bonds is 6. The van der Waals surface area contributed by atoms with Crippen molar-refractivity contribution >= 4 is 15.7 Å². The van der Waals surface area contributed by atoms with Crippen LogP contribution in [0.4, 0.5) is 0 Å². The first-order chi connectivity index (χ1) is 10.8. The van der Waals surface area contributed by atoms with Gasteiger partial charge in [-0.25, -0.2) is 8.42 Å². The predicted octanol–water partition coefficient (Wildman–Crippen LogP) is 1.12. The van der Waals surface area contributed by atoms with E-state index in [1.807, 2.05) is 0 Å². The van der Waals surface area contributed by atoms with Gasteiger partial charge in [-0.3, -0.25) is 4.79 Å². The summed E-state index contributed by atoms with van der Waals surface area (Å²) in [5.41, 5.74) is 0. The number of amides is 1. The van der Waals surface area contributed by atoms with Crippen LogP contribution in [0.2, 0.25) is 0 Å². The number of benzene rings is 1. The fraction of sp³-hybridized carbons (Fsp3) is 0.562. The Morgan fingerprint density at radius 3 is 2.65 bits per heavy atom. The first-order valence-corrected chi connectivity index (χ1v) is 9.69. The Hall–Kier alpha value is -1.60. The third-order valence-corrected chi connectivity index (χ3v) is 4.97. The molecule has 2 N–H and O–H groups in total. The molecule has 23 heavy (non-hydrogen) atoms. The molecule has 2 atom stereocenters. The van der Waals surface area contributed by atoms with Crippen molar-refractivity contribution < 1.29 is 17.9 Å². The molecule has 1 aromatic carbocycles. The largest absolute Gasteiger partial charge is 0.493 e. The molecule has 1 heterocycles. The molecule has 0 spiro atoms. The predicted molar refractivity (Wildman–Crippen MR) is 88.3 cm³/mol. The second-order valence-electron chi connectivity index (χ2n) is 5.99. The van der Waals surface area contributed by atoms with E-state index in [1.54, 1.807) is 12.1 Å². The highest BCUT2D eigenvalue weighted by atomic mass is 32.2. The minimum absolute atomic E-state index is 0.0168. The van der Waals surface area contributed by atoms with Gasteiger partial charge in [-0.05, 0) is 50.6 Å². The lowest BCUT2D eigenvalue weighted by Gasteiger charge is -2.28. The Morgan fingerprint density at radius 1 is 1.35 bits per heavy atom. The van der Waals surface area contributed by atoms with Crippen LogP contribution in [0.25, 0.3) is 0 Å². The molecule has 1 aliphatic heterocycles. The molecule has 128 valence electrons. The second kappa shape index (κ2) is 7.79. The van der Waals surface area contributed by atoms with Gasteiger partial charge in [0.05, 0.1) is 17.9 Å². The molecule has 2 rings (SSSR count). The zero-order valence-electron chi connectivity index (χ0n) is 13.5. The van der Waals surface area contributed by atoms with Gasteiger partial charge < -0.3 is 15.4 Å². The molecule has 7 heteroatoms. The smallest absolute Gasteiger partial charge is 0.223 e. The summed E-state index contributed by atoms with van der Waals surface area (Å²) < 4.78 is 28.2. The number of ether oxygens (including phenoxy) is 1. The third-order valence-electron chi connectivity index (χ3n) is 3.84. The van der Waals surface area contributed by atoms with Gasteiger partial charge in [0, 0.05) is 18.3 Å². The van der Waals surface area contributed by atoms with Crippen LogP contribution in [0.15, 0.2) is 29.2 Å². The van der Waals surface area contributed by atoms with Crippen LogP contribution in [0.3, 0.4) is 0 Å². The average Bonchev–Trinajstić information content (AvgIpc) is 2.47. The van der Waals surface area contributed by atoms with Gasteiger partial charge in [0.2, 0.25) is 5.91 Å². The highest BCUT2D eigenvalue weighted by Gasteiger charge is 2.19. The van der Waals surface area contributed by atoms with E-state index in [9.17, 15) is 13.2 Å². The molecular weight excluding hydrogens is 316 g/mol. The summed E-state index contributed by atoms with van der Waals surface area (Å²) in [5, 5.41) is 6.37. The van der Waals surface area contributed by atoms with Crippen molar-refractivity contribution in [3.63, 3.8) is 0 Å². The van der Waals surface area contributed by atoms with Gasteiger partial charge in [-0.15, -0.1) is 0 Å². The lowest BCUT2D eigenvalue weighted by molar-refractivity contribution is -0.122. The molecule has 1 aromatic rings. The molecule has 1 saturated heterocycles. The Labute approximate surface area is 137 Å². The summed E-state index contributed by atoms with van der Waals surface area (Å²) in [4.78, 5) is 12.2. The minimum atomic E-state index is -3.20. The van der Waals surface area contributed by atoms with Crippen LogP contribution in [-0.4, -0.2) is 45.8 Å². The van der Waals surface area contributed by atoms with Crippen LogP contribution in [0, 0.1) is 0 Å². The average molecular weight is 340 g/mol. The zero-order chi connectivity index (χ0) is 16.9. The topological polar surface area (TPSA) is 84.5 Å². The van der Waals surface area contributed by atoms with Crippen LogP contribution in [0.5, 0.6) is 5.75 Å². The Bertz CT molecular complexity index is 628. The van der Waals surface area contributed by atoms with Crippen molar-refractivity contribution in [2.75, 3.05) is 19.4 Å². The molecule has 0 bridgehead atoms. The minimum Gasteiger partial charge on any atom is -0.493 e. The summed E-state index contributed by atoms with van der Waals surface area (Å²) in [6.07, 6.45) is 3.34. The first-order valence-electron chi connectivity index (χ1n) is 7.80. The number of hydrogen-bond donors (Lipinski definition) is 2. The lowest BCUT2D eigenvalue weighted by Crippen LogP contribution is -2.46. The van der Waals surface area contributed by atoms with Crippen molar-refractivity contribution in [1.82, 2.24) is 10.6 Å².